The van der Waals surface area contributed by atoms with Crippen LogP contribution < -0.4 is 0 Å². The fourth-order valence-electron chi connectivity index (χ4n) is 3.36. The fourth-order valence-corrected chi connectivity index (χ4v) is 3.97. The molecular formula is C19H19N2O2S+. The van der Waals surface area contributed by atoms with Crippen molar-refractivity contribution in [3.8, 4) is 0 Å². The minimum absolute atomic E-state index is 0.126. The molecule has 0 radical (unpaired) electrons. The van der Waals surface area contributed by atoms with Gasteiger partial charge in [0, 0.05) is 34.7 Å². The van der Waals surface area contributed by atoms with E-state index in [-0.39, 0.29) is 16.0 Å². The smallest absolute Gasteiger partial charge is 0.258 e. The van der Waals surface area contributed by atoms with Gasteiger partial charge in [-0.15, -0.1) is 17.9 Å². The minimum atomic E-state index is -0.339. The predicted molar refractivity (Wildman–Crippen MR) is 99.5 cm³/mol. The van der Waals surface area contributed by atoms with Crippen LogP contribution in [-0.4, -0.2) is 22.3 Å². The second-order valence-electron chi connectivity index (χ2n) is 6.08. The van der Waals surface area contributed by atoms with Crippen molar-refractivity contribution in [2.24, 2.45) is 0 Å². The molecule has 0 amide bonds. The van der Waals surface area contributed by atoms with Crippen molar-refractivity contribution in [1.29, 1.82) is 0 Å². The highest BCUT2D eigenvalue weighted by atomic mass is 32.1. The summed E-state index contributed by atoms with van der Waals surface area (Å²) in [6.45, 7) is 6.00. The number of non-ortho nitro benzene ring substituents is 1. The van der Waals surface area contributed by atoms with E-state index < -0.39 is 0 Å². The summed E-state index contributed by atoms with van der Waals surface area (Å²) in [4.78, 5) is 12.0. The molecule has 1 aromatic carbocycles. The molecule has 0 fully saturated rings. The van der Waals surface area contributed by atoms with Crippen LogP contribution in [0.25, 0.3) is 6.08 Å². The van der Waals surface area contributed by atoms with Crippen LogP contribution in [0.3, 0.4) is 0 Å². The zero-order valence-corrected chi connectivity index (χ0v) is 14.5. The van der Waals surface area contributed by atoms with Crippen molar-refractivity contribution in [2.45, 2.75) is 18.8 Å². The second-order valence-corrected chi connectivity index (χ2v) is 7.06. The first kappa shape index (κ1) is 16.3. The molecule has 24 heavy (non-hydrogen) atoms. The summed E-state index contributed by atoms with van der Waals surface area (Å²) in [5.74, 6) is 0. The normalized spacial score (nSPS) is 19.8. The number of nitro groups is 1. The largest absolute Gasteiger partial charge is 0.270 e. The van der Waals surface area contributed by atoms with Crippen LogP contribution in [0.4, 0.5) is 11.4 Å². The molecule has 1 aliphatic heterocycles. The van der Waals surface area contributed by atoms with Gasteiger partial charge >= 0.3 is 0 Å². The zero-order valence-electron chi connectivity index (χ0n) is 13.7. The van der Waals surface area contributed by atoms with Crippen molar-refractivity contribution in [3.05, 3.63) is 75.0 Å². The lowest BCUT2D eigenvalue weighted by atomic mass is 9.76. The third-order valence-electron chi connectivity index (χ3n) is 4.57. The van der Waals surface area contributed by atoms with Crippen LogP contribution >= 0.6 is 11.3 Å². The Morgan fingerprint density at radius 2 is 2.17 bits per heavy atom. The first-order chi connectivity index (χ1) is 11.5. The highest BCUT2D eigenvalue weighted by molar-refractivity contribution is 7.10. The molecule has 122 valence electrons. The molecule has 0 aliphatic carbocycles. The number of thiophene rings is 1. The maximum atomic E-state index is 11.2. The van der Waals surface area contributed by atoms with E-state index in [1.54, 1.807) is 23.5 Å². The average Bonchev–Trinajstić information content (AvgIpc) is 3.13. The van der Waals surface area contributed by atoms with Crippen molar-refractivity contribution < 1.29 is 9.50 Å². The summed E-state index contributed by atoms with van der Waals surface area (Å²) in [6, 6.07) is 9.19. The minimum Gasteiger partial charge on any atom is -0.258 e. The van der Waals surface area contributed by atoms with Gasteiger partial charge in [0.25, 0.3) is 5.69 Å². The number of nitro benzene ring substituents is 1. The molecule has 5 heteroatoms. The maximum absolute atomic E-state index is 11.2. The Morgan fingerprint density at radius 3 is 2.79 bits per heavy atom. The van der Waals surface area contributed by atoms with Gasteiger partial charge in [-0.1, -0.05) is 12.1 Å². The van der Waals surface area contributed by atoms with E-state index in [2.05, 4.69) is 36.3 Å². The molecule has 1 atom stereocenters. The third-order valence-corrected chi connectivity index (χ3v) is 5.41. The van der Waals surface area contributed by atoms with E-state index >= 15 is 0 Å². The van der Waals surface area contributed by atoms with E-state index in [4.69, 9.17) is 0 Å². The molecule has 0 N–H and O–H groups in total. The van der Waals surface area contributed by atoms with Crippen LogP contribution in [0, 0.1) is 10.1 Å². The van der Waals surface area contributed by atoms with Crippen LogP contribution in [0.15, 0.2) is 54.4 Å². The van der Waals surface area contributed by atoms with Crippen molar-refractivity contribution in [3.63, 3.8) is 0 Å². The summed E-state index contributed by atoms with van der Waals surface area (Å²) in [6.07, 6.45) is 6.80. The highest BCUT2D eigenvalue weighted by Gasteiger charge is 2.46. The molecule has 1 aromatic heterocycles. The Kier molecular flexibility index (Phi) is 4.20. The van der Waals surface area contributed by atoms with Crippen LogP contribution in [0.1, 0.15) is 23.8 Å². The first-order valence-corrected chi connectivity index (χ1v) is 8.58. The summed E-state index contributed by atoms with van der Waals surface area (Å²) < 4.78 is 2.12. The molecular weight excluding hydrogens is 320 g/mol. The predicted octanol–water partition coefficient (Wildman–Crippen LogP) is 4.93. The van der Waals surface area contributed by atoms with E-state index in [9.17, 15) is 10.1 Å². The van der Waals surface area contributed by atoms with E-state index in [0.717, 1.165) is 23.4 Å². The van der Waals surface area contributed by atoms with Gasteiger partial charge in [-0.3, -0.25) is 10.1 Å². The van der Waals surface area contributed by atoms with Gasteiger partial charge in [-0.05, 0) is 30.9 Å². The SMILES string of the molecule is C=CCC1(C)C(C=Cc2cccs2)=[N+](C)c2ccc([N+](=O)[O-])cc21. The molecule has 1 aliphatic rings. The lowest BCUT2D eigenvalue weighted by molar-refractivity contribution is -0.402. The van der Waals surface area contributed by atoms with Gasteiger partial charge < -0.3 is 0 Å². The molecule has 1 unspecified atom stereocenters. The third kappa shape index (κ3) is 2.61. The van der Waals surface area contributed by atoms with E-state index in [0.29, 0.717) is 0 Å². The quantitative estimate of drug-likeness (QED) is 0.335. The van der Waals surface area contributed by atoms with Crippen LogP contribution in [0.5, 0.6) is 0 Å². The molecule has 0 spiro atoms. The van der Waals surface area contributed by atoms with E-state index in [1.165, 1.54) is 4.88 Å². The number of benzene rings is 1. The van der Waals surface area contributed by atoms with Gasteiger partial charge in [0.05, 0.1) is 10.3 Å². The Balaban J connectivity index is 2.12. The van der Waals surface area contributed by atoms with Crippen LogP contribution in [-0.2, 0) is 5.41 Å². The number of nitrogens with zero attached hydrogens (tertiary/aromatic N) is 2. The molecule has 0 saturated carbocycles. The Hall–Kier alpha value is -2.53. The Labute approximate surface area is 145 Å². The highest BCUT2D eigenvalue weighted by Crippen LogP contribution is 2.43. The monoisotopic (exact) mass is 339 g/mol. The Bertz CT molecular complexity index is 865. The zero-order chi connectivity index (χ0) is 17.3. The fraction of sp³-hybridized carbons (Fsp3) is 0.211. The average molecular weight is 339 g/mol. The summed E-state index contributed by atoms with van der Waals surface area (Å²) in [5, 5.41) is 13.2. The number of hydrogen-bond donors (Lipinski definition) is 0. The molecule has 3 rings (SSSR count). The standard InChI is InChI=1S/C19H19N2O2S/c1-4-11-19(2)16-13-14(21(22)23)7-9-17(16)20(3)18(19)10-8-15-6-5-12-24-15/h4-10,12-13H,1,11H2,2-3H3/q+1. The van der Waals surface area contributed by atoms with Gasteiger partial charge in [-0.25, -0.2) is 0 Å². The van der Waals surface area contributed by atoms with Gasteiger partial charge in [0.1, 0.15) is 7.05 Å². The van der Waals surface area contributed by atoms with Gasteiger partial charge in [-0.2, -0.15) is 4.58 Å². The summed E-state index contributed by atoms with van der Waals surface area (Å²) in [7, 11) is 2.01. The summed E-state index contributed by atoms with van der Waals surface area (Å²) >= 11 is 1.68. The summed E-state index contributed by atoms with van der Waals surface area (Å²) in [5.41, 5.74) is 2.90. The number of fused-ring (bicyclic) bond motifs is 1. The van der Waals surface area contributed by atoms with Crippen molar-refractivity contribution in [1.82, 2.24) is 0 Å². The lowest BCUT2D eigenvalue weighted by Crippen LogP contribution is -2.30. The maximum Gasteiger partial charge on any atom is 0.270 e. The molecule has 0 bridgehead atoms. The Morgan fingerprint density at radius 1 is 1.38 bits per heavy atom. The second kappa shape index (κ2) is 6.17. The molecule has 0 saturated heterocycles. The first-order valence-electron chi connectivity index (χ1n) is 7.70. The molecule has 2 aromatic rings. The van der Waals surface area contributed by atoms with Gasteiger partial charge in [0.15, 0.2) is 5.71 Å². The number of rotatable bonds is 5. The number of allylic oxidation sites excluding steroid dienone is 2. The number of hydrogen-bond acceptors (Lipinski definition) is 3. The van der Waals surface area contributed by atoms with Crippen molar-refractivity contribution >= 4 is 34.5 Å². The van der Waals surface area contributed by atoms with E-state index in [1.807, 2.05) is 30.6 Å². The van der Waals surface area contributed by atoms with Gasteiger partial charge in [0.2, 0.25) is 5.69 Å². The van der Waals surface area contributed by atoms with Crippen molar-refractivity contribution in [2.75, 3.05) is 7.05 Å². The van der Waals surface area contributed by atoms with Crippen LogP contribution in [0.2, 0.25) is 0 Å². The topological polar surface area (TPSA) is 46.1 Å². The molecule has 2 heterocycles. The lowest BCUT2D eigenvalue weighted by Gasteiger charge is -2.20. The molecule has 4 nitrogen and oxygen atoms in total.